The number of rotatable bonds is 7. The van der Waals surface area contributed by atoms with Gasteiger partial charge in [-0.1, -0.05) is 18.6 Å². The fraction of sp³-hybridized carbons (Fsp3) is 0.667. The summed E-state index contributed by atoms with van der Waals surface area (Å²) in [6.45, 7) is 5.71. The Hall–Kier alpha value is -1.92. The highest BCUT2D eigenvalue weighted by molar-refractivity contribution is 5.80. The van der Waals surface area contributed by atoms with E-state index in [1.807, 2.05) is 6.92 Å². The number of nitrogens with one attached hydrogen (secondary N) is 1. The molecule has 0 aliphatic carbocycles. The zero-order valence-electron chi connectivity index (χ0n) is 11.5. The molecule has 7 heteroatoms. The maximum absolute atomic E-state index is 11.9. The van der Waals surface area contributed by atoms with Crippen molar-refractivity contribution in [1.82, 2.24) is 20.3 Å². The van der Waals surface area contributed by atoms with Crippen LogP contribution in [0.25, 0.3) is 0 Å². The summed E-state index contributed by atoms with van der Waals surface area (Å²) in [6.07, 6.45) is 3.21. The summed E-state index contributed by atoms with van der Waals surface area (Å²) in [5, 5.41) is 19.0. The smallest absolute Gasteiger partial charge is 0.309 e. The van der Waals surface area contributed by atoms with Gasteiger partial charge in [-0.25, -0.2) is 4.68 Å². The van der Waals surface area contributed by atoms with Crippen molar-refractivity contribution in [2.45, 2.75) is 52.1 Å². The standard InChI is InChI=1S/C12H20N4O3/c1-4-5-8(2)13-12(19)9(3)16-7-10(14-15-16)6-11(17)18/h7-9H,4-6H2,1-3H3,(H,13,19)(H,17,18). The molecule has 0 aliphatic heterocycles. The molecule has 0 aliphatic rings. The van der Waals surface area contributed by atoms with E-state index < -0.39 is 12.0 Å². The van der Waals surface area contributed by atoms with Gasteiger partial charge in [-0.05, 0) is 20.3 Å². The van der Waals surface area contributed by atoms with Gasteiger partial charge in [-0.2, -0.15) is 0 Å². The van der Waals surface area contributed by atoms with Crippen molar-refractivity contribution in [3.63, 3.8) is 0 Å². The van der Waals surface area contributed by atoms with E-state index in [9.17, 15) is 9.59 Å². The highest BCUT2D eigenvalue weighted by atomic mass is 16.4. The van der Waals surface area contributed by atoms with Crippen LogP contribution in [-0.4, -0.2) is 38.0 Å². The van der Waals surface area contributed by atoms with E-state index in [4.69, 9.17) is 5.11 Å². The van der Waals surface area contributed by atoms with E-state index in [2.05, 4.69) is 22.6 Å². The zero-order valence-corrected chi connectivity index (χ0v) is 11.5. The molecule has 2 N–H and O–H groups in total. The van der Waals surface area contributed by atoms with Gasteiger partial charge in [0.1, 0.15) is 6.04 Å². The maximum Gasteiger partial charge on any atom is 0.309 e. The van der Waals surface area contributed by atoms with Crippen molar-refractivity contribution in [1.29, 1.82) is 0 Å². The molecule has 19 heavy (non-hydrogen) atoms. The lowest BCUT2D eigenvalue weighted by molar-refractivity contribution is -0.136. The minimum absolute atomic E-state index is 0.113. The first-order valence-electron chi connectivity index (χ1n) is 6.37. The van der Waals surface area contributed by atoms with Gasteiger partial charge in [0.2, 0.25) is 5.91 Å². The number of amides is 1. The fourth-order valence-electron chi connectivity index (χ4n) is 1.73. The van der Waals surface area contributed by atoms with Crippen molar-refractivity contribution < 1.29 is 14.7 Å². The first-order chi connectivity index (χ1) is 8.93. The number of aliphatic carboxylic acids is 1. The molecule has 0 radical (unpaired) electrons. The molecule has 1 aromatic heterocycles. The predicted molar refractivity (Wildman–Crippen MR) is 68.6 cm³/mol. The highest BCUT2D eigenvalue weighted by Gasteiger charge is 2.18. The minimum atomic E-state index is -0.972. The lowest BCUT2D eigenvalue weighted by Gasteiger charge is -2.16. The van der Waals surface area contributed by atoms with Crippen molar-refractivity contribution in [2.75, 3.05) is 0 Å². The van der Waals surface area contributed by atoms with Crippen molar-refractivity contribution >= 4 is 11.9 Å². The van der Waals surface area contributed by atoms with Crippen LogP contribution >= 0.6 is 0 Å². The van der Waals surface area contributed by atoms with Gasteiger partial charge in [-0.3, -0.25) is 9.59 Å². The number of carboxylic acid groups (broad SMARTS) is 1. The Morgan fingerprint density at radius 3 is 2.74 bits per heavy atom. The van der Waals surface area contributed by atoms with Gasteiger partial charge in [0, 0.05) is 12.2 Å². The van der Waals surface area contributed by atoms with Crippen LogP contribution in [0.15, 0.2) is 6.20 Å². The largest absolute Gasteiger partial charge is 0.481 e. The molecule has 0 saturated carbocycles. The number of nitrogens with zero attached hydrogens (tertiary/aromatic N) is 3. The molecule has 0 saturated heterocycles. The Balaban J connectivity index is 2.61. The second kappa shape index (κ2) is 6.86. The molecule has 2 unspecified atom stereocenters. The summed E-state index contributed by atoms with van der Waals surface area (Å²) < 4.78 is 1.38. The Bertz CT molecular complexity index is 444. The Labute approximate surface area is 112 Å². The molecule has 1 rings (SSSR count). The number of aromatic nitrogens is 3. The van der Waals surface area contributed by atoms with Crippen LogP contribution in [0.3, 0.4) is 0 Å². The van der Waals surface area contributed by atoms with Gasteiger partial charge in [0.15, 0.2) is 0 Å². The van der Waals surface area contributed by atoms with E-state index in [0.29, 0.717) is 5.69 Å². The molecule has 1 aromatic rings. The molecule has 0 aromatic carbocycles. The molecule has 1 amide bonds. The quantitative estimate of drug-likeness (QED) is 0.761. The van der Waals surface area contributed by atoms with Crippen molar-refractivity contribution in [3.05, 3.63) is 11.9 Å². The lowest BCUT2D eigenvalue weighted by atomic mass is 10.2. The maximum atomic E-state index is 11.9. The van der Waals surface area contributed by atoms with Crippen LogP contribution in [0, 0.1) is 0 Å². The topological polar surface area (TPSA) is 97.1 Å². The molecular weight excluding hydrogens is 248 g/mol. The summed E-state index contributed by atoms with van der Waals surface area (Å²) in [4.78, 5) is 22.5. The minimum Gasteiger partial charge on any atom is -0.481 e. The van der Waals surface area contributed by atoms with Gasteiger partial charge >= 0.3 is 5.97 Å². The monoisotopic (exact) mass is 268 g/mol. The molecule has 2 atom stereocenters. The number of hydrogen-bond donors (Lipinski definition) is 2. The Kier molecular flexibility index (Phi) is 5.47. The summed E-state index contributed by atoms with van der Waals surface area (Å²) in [5.74, 6) is -1.12. The molecule has 0 fully saturated rings. The predicted octanol–water partition coefficient (Wildman–Crippen LogP) is 0.771. The summed E-state index contributed by atoms with van der Waals surface area (Å²) >= 11 is 0. The van der Waals surface area contributed by atoms with E-state index in [-0.39, 0.29) is 18.4 Å². The van der Waals surface area contributed by atoms with Crippen LogP contribution < -0.4 is 5.32 Å². The second-order valence-electron chi connectivity index (χ2n) is 4.63. The van der Waals surface area contributed by atoms with Crippen molar-refractivity contribution in [2.24, 2.45) is 0 Å². The SMILES string of the molecule is CCCC(C)NC(=O)C(C)n1cc(CC(=O)O)nn1. The number of carbonyl (C=O) groups is 2. The average molecular weight is 268 g/mol. The van der Waals surface area contributed by atoms with Crippen LogP contribution in [0.4, 0.5) is 0 Å². The third kappa shape index (κ3) is 4.69. The summed E-state index contributed by atoms with van der Waals surface area (Å²) in [6, 6.07) is -0.392. The molecule has 106 valence electrons. The molecular formula is C12H20N4O3. The summed E-state index contributed by atoms with van der Waals surface area (Å²) in [5.41, 5.74) is 0.341. The fourth-order valence-corrected chi connectivity index (χ4v) is 1.73. The second-order valence-corrected chi connectivity index (χ2v) is 4.63. The Morgan fingerprint density at radius 2 is 2.16 bits per heavy atom. The highest BCUT2D eigenvalue weighted by Crippen LogP contribution is 2.07. The summed E-state index contributed by atoms with van der Waals surface area (Å²) in [7, 11) is 0. The van der Waals surface area contributed by atoms with Crippen LogP contribution in [0.5, 0.6) is 0 Å². The van der Waals surface area contributed by atoms with Gasteiger partial charge in [0.05, 0.1) is 12.1 Å². The van der Waals surface area contributed by atoms with Crippen molar-refractivity contribution in [3.8, 4) is 0 Å². The zero-order chi connectivity index (χ0) is 14.4. The third-order valence-electron chi connectivity index (χ3n) is 2.78. The molecule has 7 nitrogen and oxygen atoms in total. The van der Waals surface area contributed by atoms with E-state index in [0.717, 1.165) is 12.8 Å². The molecule has 0 spiro atoms. The lowest BCUT2D eigenvalue weighted by Crippen LogP contribution is -2.37. The van der Waals surface area contributed by atoms with Gasteiger partial charge in [0.25, 0.3) is 0 Å². The average Bonchev–Trinajstić information content (AvgIpc) is 2.75. The van der Waals surface area contributed by atoms with E-state index >= 15 is 0 Å². The first kappa shape index (κ1) is 15.1. The number of carbonyl (C=O) groups excluding carboxylic acids is 1. The molecule has 0 bridgehead atoms. The Morgan fingerprint density at radius 1 is 1.47 bits per heavy atom. The third-order valence-corrected chi connectivity index (χ3v) is 2.78. The van der Waals surface area contributed by atoms with Gasteiger partial charge in [-0.15, -0.1) is 5.10 Å². The number of carboxylic acids is 1. The number of hydrogen-bond acceptors (Lipinski definition) is 4. The van der Waals surface area contributed by atoms with Crippen LogP contribution in [0.2, 0.25) is 0 Å². The molecule has 1 heterocycles. The van der Waals surface area contributed by atoms with Crippen LogP contribution in [-0.2, 0) is 16.0 Å². The normalized spacial score (nSPS) is 13.8. The van der Waals surface area contributed by atoms with E-state index in [1.54, 1.807) is 6.92 Å². The van der Waals surface area contributed by atoms with Gasteiger partial charge < -0.3 is 10.4 Å². The van der Waals surface area contributed by atoms with Crippen LogP contribution in [0.1, 0.15) is 45.3 Å². The first-order valence-corrected chi connectivity index (χ1v) is 6.37. The van der Waals surface area contributed by atoms with E-state index in [1.165, 1.54) is 10.9 Å².